The van der Waals surface area contributed by atoms with Crippen LogP contribution in [0.4, 0.5) is 0 Å². The van der Waals surface area contributed by atoms with Gasteiger partial charge in [0.15, 0.2) is 0 Å². The average Bonchev–Trinajstić information content (AvgIpc) is 2.47. The van der Waals surface area contributed by atoms with E-state index in [1.165, 1.54) is 38.5 Å². The van der Waals surface area contributed by atoms with Crippen LogP contribution in [0.2, 0.25) is 0 Å². The monoisotopic (exact) mass is 276 g/mol. The molecule has 1 fully saturated rings. The minimum Gasteiger partial charge on any atom is -0.493 e. The van der Waals surface area contributed by atoms with Crippen molar-refractivity contribution in [3.8, 4) is 5.75 Å². The van der Waals surface area contributed by atoms with E-state index in [-0.39, 0.29) is 0 Å². The summed E-state index contributed by atoms with van der Waals surface area (Å²) in [7, 11) is -1.40. The van der Waals surface area contributed by atoms with E-state index in [0.717, 1.165) is 18.3 Å². The molecule has 0 unspecified atom stereocenters. The lowest BCUT2D eigenvalue weighted by Crippen LogP contribution is -2.29. The maximum atomic E-state index is 9.03. The topological polar surface area (TPSA) is 49.7 Å². The fraction of sp³-hybridized carbons (Fsp3) is 0.625. The van der Waals surface area contributed by atoms with Crippen molar-refractivity contribution in [1.29, 1.82) is 0 Å². The number of hydrogen-bond donors (Lipinski definition) is 2. The van der Waals surface area contributed by atoms with Gasteiger partial charge in [-0.2, -0.15) is 0 Å². The smallest absolute Gasteiger partial charge is 0.488 e. The normalized spacial score (nSPS) is 22.6. The summed E-state index contributed by atoms with van der Waals surface area (Å²) in [5, 5.41) is 18.1. The van der Waals surface area contributed by atoms with Gasteiger partial charge < -0.3 is 14.8 Å². The van der Waals surface area contributed by atoms with E-state index in [1.54, 1.807) is 24.3 Å². The highest BCUT2D eigenvalue weighted by Gasteiger charge is 2.21. The Balaban J connectivity index is 1.73. The zero-order valence-corrected chi connectivity index (χ0v) is 12.3. The molecule has 0 amide bonds. The number of rotatable bonds is 6. The summed E-state index contributed by atoms with van der Waals surface area (Å²) >= 11 is 0. The Morgan fingerprint density at radius 3 is 2.20 bits per heavy atom. The standard InChI is InChI=1S/C16H25BO3/c1-2-3-13-4-6-14(7-5-13)12-20-16-10-8-15(9-11-16)17(18)19/h8-11,13-14,18-19H,2-7,12H2,1H3. The van der Waals surface area contributed by atoms with Crippen LogP contribution < -0.4 is 10.2 Å². The van der Waals surface area contributed by atoms with Gasteiger partial charge in [0.1, 0.15) is 5.75 Å². The van der Waals surface area contributed by atoms with E-state index in [4.69, 9.17) is 14.8 Å². The highest BCUT2D eigenvalue weighted by atomic mass is 16.5. The lowest BCUT2D eigenvalue weighted by atomic mass is 9.80. The SMILES string of the molecule is CCCC1CCC(COc2ccc(B(O)O)cc2)CC1. The summed E-state index contributed by atoms with van der Waals surface area (Å²) in [4.78, 5) is 0. The predicted octanol–water partition coefficient (Wildman–Crippen LogP) is 2.35. The van der Waals surface area contributed by atoms with Crippen molar-refractivity contribution in [2.45, 2.75) is 45.4 Å². The second-order valence-corrected chi connectivity index (χ2v) is 5.93. The van der Waals surface area contributed by atoms with Gasteiger partial charge in [0.25, 0.3) is 0 Å². The summed E-state index contributed by atoms with van der Waals surface area (Å²) in [6.45, 7) is 3.04. The largest absolute Gasteiger partial charge is 0.493 e. The van der Waals surface area contributed by atoms with E-state index >= 15 is 0 Å². The molecule has 0 aromatic heterocycles. The van der Waals surface area contributed by atoms with Crippen LogP contribution in [-0.4, -0.2) is 23.8 Å². The van der Waals surface area contributed by atoms with Gasteiger partial charge >= 0.3 is 7.12 Å². The molecule has 0 spiro atoms. The minimum atomic E-state index is -1.40. The van der Waals surface area contributed by atoms with Crippen molar-refractivity contribution < 1.29 is 14.8 Å². The predicted molar refractivity (Wildman–Crippen MR) is 82.1 cm³/mol. The molecule has 0 atom stereocenters. The highest BCUT2D eigenvalue weighted by molar-refractivity contribution is 6.58. The number of hydrogen-bond acceptors (Lipinski definition) is 3. The van der Waals surface area contributed by atoms with Gasteiger partial charge in [-0.3, -0.25) is 0 Å². The summed E-state index contributed by atoms with van der Waals surface area (Å²) in [5.74, 6) is 2.41. The fourth-order valence-corrected chi connectivity index (χ4v) is 3.05. The van der Waals surface area contributed by atoms with Crippen LogP contribution in [0.25, 0.3) is 0 Å². The molecule has 2 N–H and O–H groups in total. The van der Waals surface area contributed by atoms with E-state index in [1.807, 2.05) is 0 Å². The molecule has 1 aliphatic carbocycles. The van der Waals surface area contributed by atoms with Crippen molar-refractivity contribution in [3.05, 3.63) is 24.3 Å². The van der Waals surface area contributed by atoms with Gasteiger partial charge in [0, 0.05) is 0 Å². The highest BCUT2D eigenvalue weighted by Crippen LogP contribution is 2.31. The molecule has 110 valence electrons. The second kappa shape index (κ2) is 7.70. The summed E-state index contributed by atoms with van der Waals surface area (Å²) in [6, 6.07) is 6.99. The van der Waals surface area contributed by atoms with Crippen LogP contribution in [-0.2, 0) is 0 Å². The molecular formula is C16H25BO3. The molecule has 3 nitrogen and oxygen atoms in total. The Kier molecular flexibility index (Phi) is 5.93. The van der Waals surface area contributed by atoms with Crippen LogP contribution in [0.15, 0.2) is 24.3 Å². The van der Waals surface area contributed by atoms with Crippen LogP contribution in [0, 0.1) is 11.8 Å². The molecule has 1 aromatic carbocycles. The van der Waals surface area contributed by atoms with E-state index < -0.39 is 7.12 Å². The first-order chi connectivity index (χ1) is 9.69. The third-order valence-electron chi connectivity index (χ3n) is 4.33. The molecule has 1 aliphatic rings. The van der Waals surface area contributed by atoms with E-state index in [2.05, 4.69) is 6.92 Å². The zero-order valence-electron chi connectivity index (χ0n) is 12.3. The molecule has 1 saturated carbocycles. The molecule has 0 aliphatic heterocycles. The lowest BCUT2D eigenvalue weighted by Gasteiger charge is -2.28. The summed E-state index contributed by atoms with van der Waals surface area (Å²) in [5.41, 5.74) is 0.498. The number of ether oxygens (including phenoxy) is 1. The van der Waals surface area contributed by atoms with Crippen molar-refractivity contribution in [2.24, 2.45) is 11.8 Å². The average molecular weight is 276 g/mol. The van der Waals surface area contributed by atoms with Gasteiger partial charge in [-0.25, -0.2) is 0 Å². The van der Waals surface area contributed by atoms with Crippen molar-refractivity contribution in [2.75, 3.05) is 6.61 Å². The Hall–Kier alpha value is -0.995. The maximum Gasteiger partial charge on any atom is 0.488 e. The van der Waals surface area contributed by atoms with Crippen LogP contribution in [0.1, 0.15) is 45.4 Å². The Labute approximate surface area is 122 Å². The first-order valence-corrected chi connectivity index (χ1v) is 7.78. The molecule has 0 radical (unpaired) electrons. The fourth-order valence-electron chi connectivity index (χ4n) is 3.05. The molecular weight excluding hydrogens is 251 g/mol. The molecule has 4 heteroatoms. The first kappa shape index (κ1) is 15.4. The molecule has 1 aromatic rings. The van der Waals surface area contributed by atoms with E-state index in [9.17, 15) is 0 Å². The number of benzene rings is 1. The Bertz CT molecular complexity index is 383. The molecule has 2 rings (SSSR count). The summed E-state index contributed by atoms with van der Waals surface area (Å²) < 4.78 is 5.81. The van der Waals surface area contributed by atoms with E-state index in [0.29, 0.717) is 11.4 Å². The summed E-state index contributed by atoms with van der Waals surface area (Å²) in [6.07, 6.45) is 7.92. The van der Waals surface area contributed by atoms with Crippen LogP contribution >= 0.6 is 0 Å². The Morgan fingerprint density at radius 1 is 1.05 bits per heavy atom. The first-order valence-electron chi connectivity index (χ1n) is 7.78. The molecule has 0 heterocycles. The lowest BCUT2D eigenvalue weighted by molar-refractivity contribution is 0.178. The Morgan fingerprint density at radius 2 is 1.65 bits per heavy atom. The van der Waals surface area contributed by atoms with Crippen molar-refractivity contribution in [3.63, 3.8) is 0 Å². The third-order valence-corrected chi connectivity index (χ3v) is 4.33. The van der Waals surface area contributed by atoms with Gasteiger partial charge in [0.2, 0.25) is 0 Å². The zero-order chi connectivity index (χ0) is 14.4. The van der Waals surface area contributed by atoms with Crippen molar-refractivity contribution in [1.82, 2.24) is 0 Å². The van der Waals surface area contributed by atoms with Gasteiger partial charge in [-0.05, 0) is 42.3 Å². The van der Waals surface area contributed by atoms with Gasteiger partial charge in [0.05, 0.1) is 6.61 Å². The van der Waals surface area contributed by atoms with Crippen molar-refractivity contribution >= 4 is 12.6 Å². The minimum absolute atomic E-state index is 0.498. The van der Waals surface area contributed by atoms with Crippen LogP contribution in [0.3, 0.4) is 0 Å². The second-order valence-electron chi connectivity index (χ2n) is 5.93. The molecule has 0 saturated heterocycles. The third kappa shape index (κ3) is 4.53. The molecule has 0 bridgehead atoms. The van der Waals surface area contributed by atoms with Crippen LogP contribution in [0.5, 0.6) is 5.75 Å². The van der Waals surface area contributed by atoms with Gasteiger partial charge in [-0.15, -0.1) is 0 Å². The molecule has 20 heavy (non-hydrogen) atoms. The van der Waals surface area contributed by atoms with Gasteiger partial charge in [-0.1, -0.05) is 44.7 Å². The maximum absolute atomic E-state index is 9.03. The quantitative estimate of drug-likeness (QED) is 0.784.